The quantitative estimate of drug-likeness (QED) is 0.786. The largest absolute Gasteiger partial charge is 0.452 e. The van der Waals surface area contributed by atoms with E-state index in [1.807, 2.05) is 32.9 Å². The van der Waals surface area contributed by atoms with Crippen molar-refractivity contribution in [2.45, 2.75) is 32.6 Å². The van der Waals surface area contributed by atoms with Crippen LogP contribution in [0, 0.1) is 20.8 Å². The third-order valence-corrected chi connectivity index (χ3v) is 5.26. The molecule has 1 amide bonds. The van der Waals surface area contributed by atoms with Crippen LogP contribution in [-0.2, 0) is 20.3 Å². The zero-order valence-corrected chi connectivity index (χ0v) is 16.2. The highest BCUT2D eigenvalue weighted by molar-refractivity contribution is 7.85. The van der Waals surface area contributed by atoms with E-state index in [0.29, 0.717) is 10.6 Å². The van der Waals surface area contributed by atoms with Gasteiger partial charge in [0.05, 0.1) is 21.3 Å². The highest BCUT2D eigenvalue weighted by Crippen LogP contribution is 2.22. The molecule has 0 radical (unpaired) electrons. The first-order valence-corrected chi connectivity index (χ1v) is 9.67. The summed E-state index contributed by atoms with van der Waals surface area (Å²) in [5, 5.41) is 2.78. The molecule has 2 aromatic rings. The van der Waals surface area contributed by atoms with Crippen molar-refractivity contribution in [1.29, 1.82) is 0 Å². The molecule has 0 bridgehead atoms. The standard InChI is InChI=1S/C20H23NO4S/c1-5-26(24)17-9-7-6-8-16(17)20(23)25-12-18(22)21-19-14(3)10-13(2)11-15(19)4/h6-11H,5,12H2,1-4H3,(H,21,22)/t26-/m0/s1. The highest BCUT2D eigenvalue weighted by atomic mass is 32.2. The summed E-state index contributed by atoms with van der Waals surface area (Å²) in [5.41, 5.74) is 3.97. The maximum absolute atomic E-state index is 12.3. The van der Waals surface area contributed by atoms with Gasteiger partial charge in [0.15, 0.2) is 6.61 Å². The van der Waals surface area contributed by atoms with Crippen LogP contribution in [0.1, 0.15) is 34.0 Å². The molecular formula is C20H23NO4S. The van der Waals surface area contributed by atoms with Crippen molar-refractivity contribution in [3.05, 3.63) is 58.7 Å². The zero-order chi connectivity index (χ0) is 19.3. The van der Waals surface area contributed by atoms with Gasteiger partial charge in [-0.15, -0.1) is 0 Å². The molecule has 138 valence electrons. The Labute approximate surface area is 156 Å². The minimum Gasteiger partial charge on any atom is -0.452 e. The predicted octanol–water partition coefficient (Wildman–Crippen LogP) is 3.53. The molecule has 0 fully saturated rings. The van der Waals surface area contributed by atoms with Crippen molar-refractivity contribution in [2.75, 3.05) is 17.7 Å². The maximum atomic E-state index is 12.3. The SMILES string of the molecule is CC[S@](=O)c1ccccc1C(=O)OCC(=O)Nc1c(C)cc(C)cc1C. The molecule has 26 heavy (non-hydrogen) atoms. The van der Waals surface area contributed by atoms with Gasteiger partial charge in [-0.3, -0.25) is 9.00 Å². The number of aryl methyl sites for hydroxylation is 3. The molecule has 0 aliphatic rings. The summed E-state index contributed by atoms with van der Waals surface area (Å²) < 4.78 is 17.2. The first kappa shape index (κ1) is 19.8. The number of rotatable bonds is 6. The second kappa shape index (κ2) is 8.76. The summed E-state index contributed by atoms with van der Waals surface area (Å²) in [6.07, 6.45) is 0. The number of anilines is 1. The average molecular weight is 373 g/mol. The average Bonchev–Trinajstić information content (AvgIpc) is 2.62. The van der Waals surface area contributed by atoms with Crippen LogP contribution in [0.2, 0.25) is 0 Å². The smallest absolute Gasteiger partial charge is 0.339 e. The van der Waals surface area contributed by atoms with Crippen molar-refractivity contribution >= 4 is 28.4 Å². The second-order valence-electron chi connectivity index (χ2n) is 6.03. The first-order chi connectivity index (χ1) is 12.3. The van der Waals surface area contributed by atoms with E-state index in [-0.39, 0.29) is 5.56 Å². The molecule has 2 rings (SSSR count). The number of esters is 1. The van der Waals surface area contributed by atoms with Gasteiger partial charge in [-0.1, -0.05) is 36.8 Å². The lowest BCUT2D eigenvalue weighted by Gasteiger charge is -2.13. The molecule has 0 heterocycles. The van der Waals surface area contributed by atoms with E-state index in [0.717, 1.165) is 22.4 Å². The van der Waals surface area contributed by atoms with Gasteiger partial charge in [0.1, 0.15) is 0 Å². The van der Waals surface area contributed by atoms with Crippen LogP contribution < -0.4 is 5.32 Å². The summed E-state index contributed by atoms with van der Waals surface area (Å²) in [6, 6.07) is 10.5. The molecule has 0 aliphatic heterocycles. The number of carbonyl (C=O) groups excluding carboxylic acids is 2. The van der Waals surface area contributed by atoms with Crippen molar-refractivity contribution in [3.8, 4) is 0 Å². The number of hydrogen-bond donors (Lipinski definition) is 1. The van der Waals surface area contributed by atoms with Crippen molar-refractivity contribution in [3.63, 3.8) is 0 Å². The van der Waals surface area contributed by atoms with Crippen LogP contribution in [0.3, 0.4) is 0 Å². The predicted molar refractivity (Wildman–Crippen MR) is 103 cm³/mol. The van der Waals surface area contributed by atoms with Crippen LogP contribution in [-0.4, -0.2) is 28.4 Å². The molecular weight excluding hydrogens is 350 g/mol. The lowest BCUT2D eigenvalue weighted by Crippen LogP contribution is -2.22. The van der Waals surface area contributed by atoms with E-state index in [4.69, 9.17) is 4.74 Å². The van der Waals surface area contributed by atoms with Gasteiger partial charge in [0.2, 0.25) is 0 Å². The number of carbonyl (C=O) groups is 2. The normalized spacial score (nSPS) is 11.7. The van der Waals surface area contributed by atoms with Gasteiger partial charge >= 0.3 is 5.97 Å². The number of nitrogens with one attached hydrogen (secondary N) is 1. The lowest BCUT2D eigenvalue weighted by molar-refractivity contribution is -0.119. The summed E-state index contributed by atoms with van der Waals surface area (Å²) in [6.45, 7) is 7.19. The topological polar surface area (TPSA) is 72.5 Å². The molecule has 6 heteroatoms. The van der Waals surface area contributed by atoms with Gasteiger partial charge in [-0.05, 0) is 44.0 Å². The van der Waals surface area contributed by atoms with Crippen LogP contribution >= 0.6 is 0 Å². The van der Waals surface area contributed by atoms with E-state index in [2.05, 4.69) is 5.32 Å². The van der Waals surface area contributed by atoms with Crippen LogP contribution in [0.15, 0.2) is 41.3 Å². The fourth-order valence-electron chi connectivity index (χ4n) is 2.75. The van der Waals surface area contributed by atoms with E-state index in [1.165, 1.54) is 0 Å². The second-order valence-corrected chi connectivity index (χ2v) is 7.74. The molecule has 1 atom stereocenters. The van der Waals surface area contributed by atoms with Crippen LogP contribution in [0.4, 0.5) is 5.69 Å². The molecule has 5 nitrogen and oxygen atoms in total. The Morgan fingerprint density at radius 1 is 1.08 bits per heavy atom. The number of ether oxygens (including phenoxy) is 1. The third-order valence-electron chi connectivity index (χ3n) is 3.89. The van der Waals surface area contributed by atoms with Crippen molar-refractivity contribution in [1.82, 2.24) is 0 Å². The highest BCUT2D eigenvalue weighted by Gasteiger charge is 2.17. The molecule has 0 saturated heterocycles. The Kier molecular flexibility index (Phi) is 6.69. The minimum absolute atomic E-state index is 0.225. The van der Waals surface area contributed by atoms with Gasteiger partial charge in [0.25, 0.3) is 5.91 Å². The van der Waals surface area contributed by atoms with Crippen molar-refractivity contribution < 1.29 is 18.5 Å². The fraction of sp³-hybridized carbons (Fsp3) is 0.300. The summed E-state index contributed by atoms with van der Waals surface area (Å²) in [5.74, 6) is -0.672. The molecule has 0 aliphatic carbocycles. The van der Waals surface area contributed by atoms with Crippen molar-refractivity contribution in [2.24, 2.45) is 0 Å². The Morgan fingerprint density at radius 2 is 1.69 bits per heavy atom. The number of hydrogen-bond acceptors (Lipinski definition) is 4. The van der Waals surface area contributed by atoms with Crippen LogP contribution in [0.25, 0.3) is 0 Å². The molecule has 0 aromatic heterocycles. The number of benzene rings is 2. The maximum Gasteiger partial charge on any atom is 0.339 e. The molecule has 0 unspecified atom stereocenters. The summed E-state index contributed by atoms with van der Waals surface area (Å²) in [4.78, 5) is 24.9. The Morgan fingerprint density at radius 3 is 2.31 bits per heavy atom. The Hall–Kier alpha value is -2.47. The summed E-state index contributed by atoms with van der Waals surface area (Å²) >= 11 is 0. The van der Waals surface area contributed by atoms with E-state index < -0.39 is 29.3 Å². The van der Waals surface area contributed by atoms with Gasteiger partial charge in [-0.25, -0.2) is 4.79 Å². The Bertz CT molecular complexity index is 838. The summed E-state index contributed by atoms with van der Waals surface area (Å²) in [7, 11) is -1.28. The zero-order valence-electron chi connectivity index (χ0n) is 15.4. The Balaban J connectivity index is 2.05. The lowest BCUT2D eigenvalue weighted by atomic mass is 10.1. The van der Waals surface area contributed by atoms with E-state index in [9.17, 15) is 13.8 Å². The monoisotopic (exact) mass is 373 g/mol. The number of amides is 1. The van der Waals surface area contributed by atoms with Gasteiger partial charge in [-0.2, -0.15) is 0 Å². The van der Waals surface area contributed by atoms with Gasteiger partial charge < -0.3 is 10.1 Å². The first-order valence-electron chi connectivity index (χ1n) is 8.35. The molecule has 0 spiro atoms. The molecule has 0 saturated carbocycles. The molecule has 2 aromatic carbocycles. The van der Waals surface area contributed by atoms with E-state index in [1.54, 1.807) is 31.2 Å². The van der Waals surface area contributed by atoms with Crippen LogP contribution in [0.5, 0.6) is 0 Å². The minimum atomic E-state index is -1.28. The fourth-order valence-corrected chi connectivity index (χ4v) is 3.69. The van der Waals surface area contributed by atoms with Gasteiger partial charge in [0, 0.05) is 11.4 Å². The molecule has 1 N–H and O–H groups in total. The van der Waals surface area contributed by atoms with E-state index >= 15 is 0 Å². The third kappa shape index (κ3) is 4.79.